The van der Waals surface area contributed by atoms with Crippen LogP contribution in [0.25, 0.3) is 0 Å². The van der Waals surface area contributed by atoms with Crippen molar-refractivity contribution < 1.29 is 18.3 Å². The molecule has 1 N–H and O–H groups in total. The summed E-state index contributed by atoms with van der Waals surface area (Å²) in [5.41, 5.74) is 1.33. The molecule has 7 heteroatoms. The Bertz CT molecular complexity index is 507. The Labute approximate surface area is 107 Å². The number of methoxy groups -OCH3 is 1. The first-order valence-corrected chi connectivity index (χ1v) is 7.75. The lowest BCUT2D eigenvalue weighted by Gasteiger charge is -2.11. The topological polar surface area (TPSA) is 81.4 Å². The van der Waals surface area contributed by atoms with Crippen molar-refractivity contribution in [2.75, 3.05) is 19.1 Å². The lowest BCUT2D eigenvalue weighted by atomic mass is 10.1. The van der Waals surface area contributed by atoms with Crippen LogP contribution >= 0.6 is 0 Å². The summed E-state index contributed by atoms with van der Waals surface area (Å²) in [7, 11) is 0.266. The highest BCUT2D eigenvalue weighted by Crippen LogP contribution is 2.30. The number of sulfone groups is 1. The molecular formula is C11H20N2O4S. The Balaban J connectivity index is 2.75. The zero-order valence-corrected chi connectivity index (χ0v) is 12.0. The van der Waals surface area contributed by atoms with Crippen LogP contribution in [0.3, 0.4) is 0 Å². The second-order valence-electron chi connectivity index (χ2n) is 4.42. The van der Waals surface area contributed by atoms with E-state index in [2.05, 4.69) is 5.10 Å². The Morgan fingerprint density at radius 3 is 2.61 bits per heavy atom. The number of aliphatic hydroxyl groups is 1. The van der Waals surface area contributed by atoms with Gasteiger partial charge in [-0.05, 0) is 19.8 Å². The van der Waals surface area contributed by atoms with Crippen molar-refractivity contribution in [1.82, 2.24) is 9.78 Å². The van der Waals surface area contributed by atoms with E-state index in [1.165, 1.54) is 13.4 Å². The maximum atomic E-state index is 11.0. The lowest BCUT2D eigenvalue weighted by molar-refractivity contribution is 0.161. The summed E-state index contributed by atoms with van der Waals surface area (Å²) >= 11 is 0. The maximum absolute atomic E-state index is 11.0. The minimum absolute atomic E-state index is 0.0751. The smallest absolute Gasteiger partial charge is 0.217 e. The van der Waals surface area contributed by atoms with Crippen molar-refractivity contribution in [3.05, 3.63) is 11.3 Å². The Kier molecular flexibility index (Phi) is 4.75. The SMILES string of the molecule is COc1c(C(O)CCCS(C)(=O)=O)c(C)nn1C. The van der Waals surface area contributed by atoms with E-state index in [1.54, 1.807) is 18.7 Å². The molecule has 0 amide bonds. The predicted molar refractivity (Wildman–Crippen MR) is 68.4 cm³/mol. The van der Waals surface area contributed by atoms with Crippen molar-refractivity contribution >= 4 is 9.84 Å². The molecule has 0 aliphatic rings. The van der Waals surface area contributed by atoms with Crippen LogP contribution in [0.2, 0.25) is 0 Å². The van der Waals surface area contributed by atoms with E-state index in [4.69, 9.17) is 4.74 Å². The highest BCUT2D eigenvalue weighted by atomic mass is 32.2. The van der Waals surface area contributed by atoms with Crippen molar-refractivity contribution in [1.29, 1.82) is 0 Å². The molecule has 1 unspecified atom stereocenters. The molecular weight excluding hydrogens is 256 g/mol. The summed E-state index contributed by atoms with van der Waals surface area (Å²) in [6, 6.07) is 0. The van der Waals surface area contributed by atoms with Crippen molar-refractivity contribution in [3.8, 4) is 5.88 Å². The van der Waals surface area contributed by atoms with Gasteiger partial charge in [0.05, 0.1) is 24.5 Å². The van der Waals surface area contributed by atoms with Gasteiger partial charge in [-0.3, -0.25) is 0 Å². The fourth-order valence-corrected chi connectivity index (χ4v) is 2.65. The predicted octanol–water partition coefficient (Wildman–Crippen LogP) is 0.595. The summed E-state index contributed by atoms with van der Waals surface area (Å²) in [5.74, 6) is 0.588. The highest BCUT2D eigenvalue weighted by molar-refractivity contribution is 7.90. The minimum atomic E-state index is -2.99. The van der Waals surface area contributed by atoms with E-state index >= 15 is 0 Å². The number of rotatable bonds is 6. The Morgan fingerprint density at radius 2 is 2.11 bits per heavy atom. The van der Waals surface area contributed by atoms with Gasteiger partial charge in [0.2, 0.25) is 5.88 Å². The van der Waals surface area contributed by atoms with Crippen molar-refractivity contribution in [2.45, 2.75) is 25.9 Å². The largest absolute Gasteiger partial charge is 0.481 e. The van der Waals surface area contributed by atoms with Crippen LogP contribution in [-0.2, 0) is 16.9 Å². The molecule has 1 rings (SSSR count). The molecule has 0 bridgehead atoms. The number of nitrogens with zero attached hydrogens (tertiary/aromatic N) is 2. The molecule has 1 heterocycles. The van der Waals surface area contributed by atoms with Gasteiger partial charge in [0.15, 0.2) is 0 Å². The summed E-state index contributed by atoms with van der Waals surface area (Å²) < 4.78 is 28.8. The maximum Gasteiger partial charge on any atom is 0.217 e. The molecule has 1 aromatic rings. The van der Waals surface area contributed by atoms with Crippen LogP contribution in [0, 0.1) is 6.92 Å². The summed E-state index contributed by atoms with van der Waals surface area (Å²) in [6.07, 6.45) is 1.22. The number of ether oxygens (including phenoxy) is 1. The van der Waals surface area contributed by atoms with E-state index in [0.717, 1.165) is 0 Å². The van der Waals surface area contributed by atoms with E-state index < -0.39 is 15.9 Å². The number of aromatic nitrogens is 2. The van der Waals surface area contributed by atoms with Gasteiger partial charge in [-0.2, -0.15) is 5.10 Å². The average molecular weight is 276 g/mol. The molecule has 1 aromatic heterocycles. The number of hydrogen-bond acceptors (Lipinski definition) is 5. The van der Waals surface area contributed by atoms with Crippen LogP contribution in [-0.4, -0.2) is 42.4 Å². The zero-order chi connectivity index (χ0) is 13.9. The fraction of sp³-hybridized carbons (Fsp3) is 0.727. The third-order valence-electron chi connectivity index (χ3n) is 2.73. The van der Waals surface area contributed by atoms with Gasteiger partial charge in [-0.25, -0.2) is 13.1 Å². The molecule has 0 aliphatic heterocycles. The van der Waals surface area contributed by atoms with Gasteiger partial charge in [-0.1, -0.05) is 0 Å². The minimum Gasteiger partial charge on any atom is -0.481 e. The molecule has 0 saturated heterocycles. The molecule has 18 heavy (non-hydrogen) atoms. The molecule has 0 saturated carbocycles. The van der Waals surface area contributed by atoms with Crippen LogP contribution in [0.4, 0.5) is 0 Å². The van der Waals surface area contributed by atoms with Crippen molar-refractivity contribution in [2.24, 2.45) is 7.05 Å². The normalized spacial score (nSPS) is 13.6. The van der Waals surface area contributed by atoms with Gasteiger partial charge < -0.3 is 9.84 Å². The van der Waals surface area contributed by atoms with Gasteiger partial charge in [0, 0.05) is 19.1 Å². The molecule has 0 radical (unpaired) electrons. The quantitative estimate of drug-likeness (QED) is 0.822. The molecule has 0 spiro atoms. The van der Waals surface area contributed by atoms with Crippen LogP contribution in [0.15, 0.2) is 0 Å². The average Bonchev–Trinajstić information content (AvgIpc) is 2.50. The molecule has 1 atom stereocenters. The molecule has 0 aliphatic carbocycles. The Morgan fingerprint density at radius 1 is 1.50 bits per heavy atom. The molecule has 0 fully saturated rings. The number of hydrogen-bond donors (Lipinski definition) is 1. The molecule has 6 nitrogen and oxygen atoms in total. The summed E-state index contributed by atoms with van der Waals surface area (Å²) in [6.45, 7) is 1.79. The second kappa shape index (κ2) is 5.71. The van der Waals surface area contributed by atoms with Crippen LogP contribution < -0.4 is 4.74 Å². The highest BCUT2D eigenvalue weighted by Gasteiger charge is 2.21. The third kappa shape index (κ3) is 3.71. The summed E-state index contributed by atoms with van der Waals surface area (Å²) in [5, 5.41) is 14.3. The van der Waals surface area contributed by atoms with E-state index in [1.807, 2.05) is 0 Å². The zero-order valence-electron chi connectivity index (χ0n) is 11.2. The fourth-order valence-electron chi connectivity index (χ4n) is 1.96. The first-order valence-electron chi connectivity index (χ1n) is 5.69. The van der Waals surface area contributed by atoms with E-state index in [9.17, 15) is 13.5 Å². The van der Waals surface area contributed by atoms with Gasteiger partial charge >= 0.3 is 0 Å². The second-order valence-corrected chi connectivity index (χ2v) is 6.68. The first-order chi connectivity index (χ1) is 8.26. The number of aryl methyl sites for hydroxylation is 2. The third-order valence-corrected chi connectivity index (χ3v) is 3.76. The van der Waals surface area contributed by atoms with E-state index in [0.29, 0.717) is 30.0 Å². The van der Waals surface area contributed by atoms with Gasteiger partial charge in [0.1, 0.15) is 9.84 Å². The molecule has 0 aromatic carbocycles. The van der Waals surface area contributed by atoms with Crippen LogP contribution in [0.5, 0.6) is 5.88 Å². The lowest BCUT2D eigenvalue weighted by Crippen LogP contribution is -2.07. The first kappa shape index (κ1) is 15.0. The Hall–Kier alpha value is -1.08. The molecule has 104 valence electrons. The standard InChI is InChI=1S/C11H20N2O4S/c1-8-10(11(17-3)13(2)12-8)9(14)6-5-7-18(4,15)16/h9,14H,5-7H2,1-4H3. The van der Waals surface area contributed by atoms with Crippen molar-refractivity contribution in [3.63, 3.8) is 0 Å². The van der Waals surface area contributed by atoms with Gasteiger partial charge in [-0.15, -0.1) is 0 Å². The van der Waals surface area contributed by atoms with E-state index in [-0.39, 0.29) is 5.75 Å². The number of aliphatic hydroxyl groups excluding tert-OH is 1. The van der Waals surface area contributed by atoms with Crippen LogP contribution in [0.1, 0.15) is 30.2 Å². The summed E-state index contributed by atoms with van der Waals surface area (Å²) in [4.78, 5) is 0. The van der Waals surface area contributed by atoms with Gasteiger partial charge in [0.25, 0.3) is 0 Å². The monoisotopic (exact) mass is 276 g/mol.